The molecule has 3 aromatic carbocycles. The number of ketones is 1. The standard InChI is InChI=1S/C29H29NO4/c1-18-15-23(33-28(32)20-9-11-21(12-10-20)29(2,3)4)17-24-26(18)27(31)25(34-24)16-19-7-13-22(14-8-19)30(5)6/h7-17H,1-6H3/b25-16-. The lowest BCUT2D eigenvalue weighted by Crippen LogP contribution is -2.13. The molecule has 0 atom stereocenters. The van der Waals surface area contributed by atoms with Crippen molar-refractivity contribution < 1.29 is 19.1 Å². The predicted molar refractivity (Wildman–Crippen MR) is 135 cm³/mol. The minimum Gasteiger partial charge on any atom is -0.452 e. The number of anilines is 1. The molecule has 4 rings (SSSR count). The average molecular weight is 456 g/mol. The number of rotatable bonds is 4. The van der Waals surface area contributed by atoms with Gasteiger partial charge in [-0.2, -0.15) is 0 Å². The number of esters is 1. The quantitative estimate of drug-likeness (QED) is 0.267. The van der Waals surface area contributed by atoms with Gasteiger partial charge in [0.1, 0.15) is 11.5 Å². The number of carbonyl (C=O) groups excluding carboxylic acids is 2. The Labute approximate surface area is 200 Å². The van der Waals surface area contributed by atoms with Crippen LogP contribution in [-0.2, 0) is 5.41 Å². The van der Waals surface area contributed by atoms with Crippen molar-refractivity contribution in [2.45, 2.75) is 33.1 Å². The van der Waals surface area contributed by atoms with Crippen molar-refractivity contribution >= 4 is 23.5 Å². The second kappa shape index (κ2) is 8.82. The fourth-order valence-corrected chi connectivity index (χ4v) is 3.83. The summed E-state index contributed by atoms with van der Waals surface area (Å²) in [5.41, 5.74) is 4.72. The Morgan fingerprint density at radius 3 is 2.21 bits per heavy atom. The van der Waals surface area contributed by atoms with Gasteiger partial charge in [0.05, 0.1) is 11.1 Å². The van der Waals surface area contributed by atoms with Crippen molar-refractivity contribution in [2.24, 2.45) is 0 Å². The number of Topliss-reactive ketones (excluding diaryl/α,β-unsaturated/α-hetero) is 1. The van der Waals surface area contributed by atoms with Crippen LogP contribution >= 0.6 is 0 Å². The van der Waals surface area contributed by atoms with Gasteiger partial charge in [-0.25, -0.2) is 4.79 Å². The van der Waals surface area contributed by atoms with Gasteiger partial charge in [-0.3, -0.25) is 4.79 Å². The van der Waals surface area contributed by atoms with Crippen LogP contribution in [0.1, 0.15) is 58.2 Å². The fraction of sp³-hybridized carbons (Fsp3) is 0.241. The third-order valence-corrected chi connectivity index (χ3v) is 5.85. The second-order valence-corrected chi connectivity index (χ2v) is 9.76. The van der Waals surface area contributed by atoms with Gasteiger partial charge in [-0.1, -0.05) is 45.0 Å². The molecule has 5 nitrogen and oxygen atoms in total. The van der Waals surface area contributed by atoms with Gasteiger partial charge >= 0.3 is 5.97 Å². The van der Waals surface area contributed by atoms with Gasteiger partial charge in [0.15, 0.2) is 5.76 Å². The van der Waals surface area contributed by atoms with Gasteiger partial charge in [0, 0.05) is 25.8 Å². The van der Waals surface area contributed by atoms with E-state index >= 15 is 0 Å². The zero-order valence-corrected chi connectivity index (χ0v) is 20.4. The Morgan fingerprint density at radius 1 is 0.971 bits per heavy atom. The summed E-state index contributed by atoms with van der Waals surface area (Å²) in [5.74, 6) is 0.343. The molecule has 0 saturated carbocycles. The number of benzene rings is 3. The van der Waals surface area contributed by atoms with Crippen LogP contribution in [0.15, 0.2) is 66.4 Å². The second-order valence-electron chi connectivity index (χ2n) is 9.76. The topological polar surface area (TPSA) is 55.8 Å². The molecule has 0 aromatic heterocycles. The Morgan fingerprint density at radius 2 is 1.62 bits per heavy atom. The molecule has 174 valence electrons. The average Bonchev–Trinajstić information content (AvgIpc) is 3.09. The number of ether oxygens (including phenoxy) is 2. The van der Waals surface area contributed by atoms with Gasteiger partial charge in [-0.05, 0) is 65.4 Å². The Kier molecular flexibility index (Phi) is 6.05. The highest BCUT2D eigenvalue weighted by Gasteiger charge is 2.30. The summed E-state index contributed by atoms with van der Waals surface area (Å²) in [6.07, 6.45) is 1.73. The van der Waals surface area contributed by atoms with E-state index in [1.807, 2.05) is 62.3 Å². The largest absolute Gasteiger partial charge is 0.452 e. The van der Waals surface area contributed by atoms with Gasteiger partial charge < -0.3 is 14.4 Å². The Hall–Kier alpha value is -3.86. The maximum Gasteiger partial charge on any atom is 0.343 e. The molecule has 0 bridgehead atoms. The summed E-state index contributed by atoms with van der Waals surface area (Å²) in [5, 5.41) is 0. The number of fused-ring (bicyclic) bond motifs is 1. The maximum absolute atomic E-state index is 13.0. The highest BCUT2D eigenvalue weighted by atomic mass is 16.5. The van der Waals surface area contributed by atoms with Crippen molar-refractivity contribution in [1.29, 1.82) is 0 Å². The van der Waals surface area contributed by atoms with Crippen LogP contribution in [0.2, 0.25) is 0 Å². The van der Waals surface area contributed by atoms with Crippen LogP contribution in [0.5, 0.6) is 11.5 Å². The first-order valence-corrected chi connectivity index (χ1v) is 11.2. The molecule has 0 amide bonds. The molecule has 1 aliphatic rings. The molecule has 0 N–H and O–H groups in total. The highest BCUT2D eigenvalue weighted by molar-refractivity contribution is 6.15. The normalized spacial score (nSPS) is 14.1. The Balaban J connectivity index is 1.54. The Bertz CT molecular complexity index is 1280. The van der Waals surface area contributed by atoms with E-state index in [0.29, 0.717) is 28.2 Å². The highest BCUT2D eigenvalue weighted by Crippen LogP contribution is 2.38. The van der Waals surface area contributed by atoms with Crippen molar-refractivity contribution in [1.82, 2.24) is 0 Å². The van der Waals surface area contributed by atoms with E-state index in [4.69, 9.17) is 9.47 Å². The van der Waals surface area contributed by atoms with E-state index in [1.165, 1.54) is 0 Å². The van der Waals surface area contributed by atoms with Gasteiger partial charge in [0.25, 0.3) is 0 Å². The van der Waals surface area contributed by atoms with E-state index in [-0.39, 0.29) is 17.0 Å². The third-order valence-electron chi connectivity index (χ3n) is 5.85. The molecule has 5 heteroatoms. The van der Waals surface area contributed by atoms with Crippen LogP contribution in [0.3, 0.4) is 0 Å². The summed E-state index contributed by atoms with van der Waals surface area (Å²) in [6, 6.07) is 18.5. The molecule has 0 fully saturated rings. The first-order chi connectivity index (χ1) is 16.0. The van der Waals surface area contributed by atoms with E-state index in [1.54, 1.807) is 30.3 Å². The molecular weight excluding hydrogens is 426 g/mol. The minimum absolute atomic E-state index is 0.00300. The molecule has 34 heavy (non-hydrogen) atoms. The van der Waals surface area contributed by atoms with Crippen molar-refractivity contribution in [3.63, 3.8) is 0 Å². The molecule has 0 saturated heterocycles. The monoisotopic (exact) mass is 455 g/mol. The molecule has 3 aromatic rings. The summed E-state index contributed by atoms with van der Waals surface area (Å²) in [6.45, 7) is 8.17. The summed E-state index contributed by atoms with van der Waals surface area (Å²) in [4.78, 5) is 27.7. The van der Waals surface area contributed by atoms with Crippen LogP contribution in [0.25, 0.3) is 6.08 Å². The minimum atomic E-state index is -0.458. The van der Waals surface area contributed by atoms with E-state index in [9.17, 15) is 9.59 Å². The van der Waals surface area contributed by atoms with Crippen molar-refractivity contribution in [2.75, 3.05) is 19.0 Å². The summed E-state index contributed by atoms with van der Waals surface area (Å²) < 4.78 is 11.5. The van der Waals surface area contributed by atoms with Crippen LogP contribution in [-0.4, -0.2) is 25.8 Å². The first kappa shape index (κ1) is 23.3. The lowest BCUT2D eigenvalue weighted by Gasteiger charge is -2.18. The third kappa shape index (κ3) is 4.74. The zero-order valence-electron chi connectivity index (χ0n) is 20.4. The zero-order chi connectivity index (χ0) is 24.6. The molecule has 0 aliphatic carbocycles. The van der Waals surface area contributed by atoms with Crippen LogP contribution in [0.4, 0.5) is 5.69 Å². The number of hydrogen-bond donors (Lipinski definition) is 0. The lowest BCUT2D eigenvalue weighted by atomic mass is 9.87. The number of aryl methyl sites for hydroxylation is 1. The number of carbonyl (C=O) groups is 2. The predicted octanol–water partition coefficient (Wildman–Crippen LogP) is 6.19. The molecule has 0 radical (unpaired) electrons. The maximum atomic E-state index is 13.0. The van der Waals surface area contributed by atoms with Gasteiger partial charge in [-0.15, -0.1) is 0 Å². The number of hydrogen-bond acceptors (Lipinski definition) is 5. The first-order valence-electron chi connectivity index (χ1n) is 11.2. The summed E-state index contributed by atoms with van der Waals surface area (Å²) in [7, 11) is 3.95. The molecule has 0 spiro atoms. The molecule has 1 aliphatic heterocycles. The molecular formula is C29H29NO4. The number of allylic oxidation sites excluding steroid dienone is 1. The lowest BCUT2D eigenvalue weighted by molar-refractivity contribution is 0.0734. The molecule has 1 heterocycles. The summed E-state index contributed by atoms with van der Waals surface area (Å²) >= 11 is 0. The van der Waals surface area contributed by atoms with Crippen molar-refractivity contribution in [3.8, 4) is 11.5 Å². The van der Waals surface area contributed by atoms with E-state index in [0.717, 1.165) is 16.8 Å². The van der Waals surface area contributed by atoms with Crippen LogP contribution in [0, 0.1) is 6.92 Å². The van der Waals surface area contributed by atoms with Crippen molar-refractivity contribution in [3.05, 3.63) is 94.2 Å². The smallest absolute Gasteiger partial charge is 0.343 e. The number of nitrogens with zero attached hydrogens (tertiary/aromatic N) is 1. The van der Waals surface area contributed by atoms with E-state index in [2.05, 4.69) is 20.8 Å². The SMILES string of the molecule is Cc1cc(OC(=O)c2ccc(C(C)(C)C)cc2)cc2c1C(=O)/C(=C/c1ccc(N(C)C)cc1)O2. The molecule has 0 unspecified atom stereocenters. The fourth-order valence-electron chi connectivity index (χ4n) is 3.83. The van der Waals surface area contributed by atoms with E-state index < -0.39 is 5.97 Å². The van der Waals surface area contributed by atoms with Crippen LogP contribution < -0.4 is 14.4 Å². The van der Waals surface area contributed by atoms with Gasteiger partial charge in [0.2, 0.25) is 5.78 Å².